The summed E-state index contributed by atoms with van der Waals surface area (Å²) in [5.41, 5.74) is 7.31. The highest BCUT2D eigenvalue weighted by atomic mass is 35.5. The number of nitrogens with two attached hydrogens (primary N) is 1. The summed E-state index contributed by atoms with van der Waals surface area (Å²) in [5.74, 6) is -0.655. The molecule has 0 bridgehead atoms. The minimum Gasteiger partial charge on any atom is -0.370 e. The first-order valence-electron chi connectivity index (χ1n) is 8.36. The molecule has 0 unspecified atom stereocenters. The van der Waals surface area contributed by atoms with Gasteiger partial charge in [-0.3, -0.25) is 9.59 Å². The molecule has 0 aromatic heterocycles. The highest BCUT2D eigenvalue weighted by Crippen LogP contribution is 2.31. The highest BCUT2D eigenvalue weighted by molar-refractivity contribution is 6.44. The second-order valence-corrected chi connectivity index (χ2v) is 7.02. The molecule has 0 radical (unpaired) electrons. The van der Waals surface area contributed by atoms with E-state index in [9.17, 15) is 9.59 Å². The lowest BCUT2D eigenvalue weighted by atomic mass is 9.96. The molecule has 136 valence electrons. The normalized spacial score (nSPS) is 14.9. The third-order valence-electron chi connectivity index (χ3n) is 4.59. The lowest BCUT2D eigenvalue weighted by Gasteiger charge is -2.33. The summed E-state index contributed by atoms with van der Waals surface area (Å²) >= 11 is 12.1. The van der Waals surface area contributed by atoms with Gasteiger partial charge >= 0.3 is 0 Å². The third-order valence-corrected chi connectivity index (χ3v) is 5.41. The number of para-hydroxylation sites is 2. The van der Waals surface area contributed by atoms with E-state index in [1.54, 1.807) is 18.2 Å². The number of benzene rings is 2. The number of halogens is 2. The average Bonchev–Trinajstić information content (AvgIpc) is 2.64. The number of primary amides is 1. The van der Waals surface area contributed by atoms with E-state index in [4.69, 9.17) is 28.9 Å². The fourth-order valence-electron chi connectivity index (χ4n) is 3.13. The van der Waals surface area contributed by atoms with E-state index in [2.05, 4.69) is 10.2 Å². The predicted molar refractivity (Wildman–Crippen MR) is 105 cm³/mol. The SMILES string of the molecule is NC(=O)C1CCN(c2ccccc2NC(=O)c2cccc(Cl)c2Cl)CC1. The Labute approximate surface area is 162 Å². The Morgan fingerprint density at radius 1 is 1.04 bits per heavy atom. The van der Waals surface area contributed by atoms with E-state index in [1.807, 2.05) is 24.3 Å². The van der Waals surface area contributed by atoms with E-state index in [1.165, 1.54) is 0 Å². The number of nitrogens with one attached hydrogen (secondary N) is 1. The molecule has 7 heteroatoms. The van der Waals surface area contributed by atoms with Crippen LogP contribution in [0.3, 0.4) is 0 Å². The van der Waals surface area contributed by atoms with Crippen molar-refractivity contribution in [2.45, 2.75) is 12.8 Å². The van der Waals surface area contributed by atoms with Gasteiger partial charge in [-0.15, -0.1) is 0 Å². The summed E-state index contributed by atoms with van der Waals surface area (Å²) < 4.78 is 0. The molecule has 1 fully saturated rings. The Bertz CT molecular complexity index is 833. The first-order chi connectivity index (χ1) is 12.5. The first-order valence-corrected chi connectivity index (χ1v) is 9.11. The molecule has 0 atom stereocenters. The third kappa shape index (κ3) is 3.94. The van der Waals surface area contributed by atoms with Crippen LogP contribution < -0.4 is 16.0 Å². The number of piperidine rings is 1. The second kappa shape index (κ2) is 7.98. The smallest absolute Gasteiger partial charge is 0.257 e. The Morgan fingerprint density at radius 2 is 1.73 bits per heavy atom. The maximum atomic E-state index is 12.6. The van der Waals surface area contributed by atoms with Crippen LogP contribution in [-0.4, -0.2) is 24.9 Å². The number of amides is 2. The Morgan fingerprint density at radius 3 is 2.42 bits per heavy atom. The van der Waals surface area contributed by atoms with Crippen LogP contribution in [0.4, 0.5) is 11.4 Å². The summed E-state index contributed by atoms with van der Waals surface area (Å²) in [6.07, 6.45) is 1.41. The molecule has 1 heterocycles. The van der Waals surface area contributed by atoms with Gasteiger partial charge in [0.2, 0.25) is 5.91 Å². The number of rotatable bonds is 4. The van der Waals surface area contributed by atoms with Gasteiger partial charge in [0.05, 0.1) is 27.0 Å². The van der Waals surface area contributed by atoms with Crippen LogP contribution in [-0.2, 0) is 4.79 Å². The van der Waals surface area contributed by atoms with Gasteiger partial charge in [-0.2, -0.15) is 0 Å². The van der Waals surface area contributed by atoms with Crippen LogP contribution in [0.5, 0.6) is 0 Å². The molecule has 0 saturated carbocycles. The standard InChI is InChI=1S/C19H19Cl2N3O2/c20-14-5-3-4-13(17(14)21)19(26)23-15-6-1-2-7-16(15)24-10-8-12(9-11-24)18(22)25/h1-7,12H,8-11H2,(H2,22,25)(H,23,26). The lowest BCUT2D eigenvalue weighted by molar-refractivity contribution is -0.122. The maximum absolute atomic E-state index is 12.6. The number of hydrogen-bond acceptors (Lipinski definition) is 3. The number of carbonyl (C=O) groups is 2. The quantitative estimate of drug-likeness (QED) is 0.828. The van der Waals surface area contributed by atoms with Gasteiger partial charge in [-0.25, -0.2) is 0 Å². The number of hydrogen-bond donors (Lipinski definition) is 2. The fourth-order valence-corrected chi connectivity index (χ4v) is 3.52. The van der Waals surface area contributed by atoms with Gasteiger partial charge in [0.1, 0.15) is 0 Å². The second-order valence-electron chi connectivity index (χ2n) is 6.24. The summed E-state index contributed by atoms with van der Waals surface area (Å²) in [4.78, 5) is 26.1. The van der Waals surface area contributed by atoms with Gasteiger partial charge in [-0.05, 0) is 37.1 Å². The van der Waals surface area contributed by atoms with E-state index >= 15 is 0 Å². The minimum atomic E-state index is -0.322. The van der Waals surface area contributed by atoms with E-state index in [0.29, 0.717) is 42.2 Å². The molecule has 2 amide bonds. The molecule has 3 rings (SSSR count). The van der Waals surface area contributed by atoms with Crippen molar-refractivity contribution in [3.63, 3.8) is 0 Å². The Kier molecular flexibility index (Phi) is 5.69. The topological polar surface area (TPSA) is 75.4 Å². The van der Waals surface area contributed by atoms with Crippen molar-refractivity contribution < 1.29 is 9.59 Å². The van der Waals surface area contributed by atoms with Crippen LogP contribution in [0.25, 0.3) is 0 Å². The zero-order valence-electron chi connectivity index (χ0n) is 14.0. The van der Waals surface area contributed by atoms with Crippen molar-refractivity contribution in [1.82, 2.24) is 0 Å². The van der Waals surface area contributed by atoms with E-state index in [-0.39, 0.29) is 22.8 Å². The lowest BCUT2D eigenvalue weighted by Crippen LogP contribution is -2.38. The Hall–Kier alpha value is -2.24. The van der Waals surface area contributed by atoms with Gasteiger partial charge < -0.3 is 16.0 Å². The van der Waals surface area contributed by atoms with Gasteiger partial charge in [0, 0.05) is 19.0 Å². The molecule has 1 saturated heterocycles. The van der Waals surface area contributed by atoms with Gasteiger partial charge in [0.25, 0.3) is 5.91 Å². The zero-order valence-corrected chi connectivity index (χ0v) is 15.6. The van der Waals surface area contributed by atoms with Crippen molar-refractivity contribution >= 4 is 46.4 Å². The molecule has 0 aliphatic carbocycles. The van der Waals surface area contributed by atoms with Crippen LogP contribution in [0.2, 0.25) is 10.0 Å². The summed E-state index contributed by atoms with van der Waals surface area (Å²) in [6.45, 7) is 1.41. The van der Waals surface area contributed by atoms with Crippen LogP contribution in [0, 0.1) is 5.92 Å². The molecule has 3 N–H and O–H groups in total. The summed E-state index contributed by atoms with van der Waals surface area (Å²) in [6, 6.07) is 12.5. The molecular formula is C19H19Cl2N3O2. The van der Waals surface area contributed by atoms with Crippen LogP contribution in [0.15, 0.2) is 42.5 Å². The molecule has 26 heavy (non-hydrogen) atoms. The monoisotopic (exact) mass is 391 g/mol. The molecule has 1 aliphatic heterocycles. The first kappa shape index (κ1) is 18.5. The van der Waals surface area contributed by atoms with Crippen molar-refractivity contribution in [3.05, 3.63) is 58.1 Å². The molecule has 1 aliphatic rings. The van der Waals surface area contributed by atoms with Crippen LogP contribution >= 0.6 is 23.2 Å². The van der Waals surface area contributed by atoms with E-state index in [0.717, 1.165) is 5.69 Å². The van der Waals surface area contributed by atoms with Crippen molar-refractivity contribution in [2.24, 2.45) is 11.7 Å². The summed E-state index contributed by atoms with van der Waals surface area (Å²) in [5, 5.41) is 3.47. The van der Waals surface area contributed by atoms with Gasteiger partial charge in [-0.1, -0.05) is 41.4 Å². The Balaban J connectivity index is 1.79. The fraction of sp³-hybridized carbons (Fsp3) is 0.263. The molecule has 2 aromatic carbocycles. The van der Waals surface area contributed by atoms with Crippen molar-refractivity contribution in [3.8, 4) is 0 Å². The average molecular weight is 392 g/mol. The maximum Gasteiger partial charge on any atom is 0.257 e. The van der Waals surface area contributed by atoms with E-state index < -0.39 is 0 Å². The highest BCUT2D eigenvalue weighted by Gasteiger charge is 2.25. The molecular weight excluding hydrogens is 373 g/mol. The summed E-state index contributed by atoms with van der Waals surface area (Å²) in [7, 11) is 0. The molecule has 2 aromatic rings. The number of anilines is 2. The number of nitrogens with zero attached hydrogens (tertiary/aromatic N) is 1. The van der Waals surface area contributed by atoms with Crippen molar-refractivity contribution in [2.75, 3.05) is 23.3 Å². The molecule has 0 spiro atoms. The van der Waals surface area contributed by atoms with Crippen molar-refractivity contribution in [1.29, 1.82) is 0 Å². The predicted octanol–water partition coefficient (Wildman–Crippen LogP) is 3.95. The van der Waals surface area contributed by atoms with Crippen LogP contribution in [0.1, 0.15) is 23.2 Å². The molecule has 5 nitrogen and oxygen atoms in total. The minimum absolute atomic E-state index is 0.0849. The largest absolute Gasteiger partial charge is 0.370 e. The zero-order chi connectivity index (χ0) is 18.7. The van der Waals surface area contributed by atoms with Gasteiger partial charge in [0.15, 0.2) is 0 Å². The number of carbonyl (C=O) groups excluding carboxylic acids is 2.